The van der Waals surface area contributed by atoms with E-state index in [1.807, 2.05) is 54.6 Å². The van der Waals surface area contributed by atoms with Crippen molar-refractivity contribution in [3.8, 4) is 11.8 Å². The number of para-hydroxylation sites is 1. The molecule has 0 spiro atoms. The topological polar surface area (TPSA) is 53.3 Å². The normalized spacial score (nSPS) is 15.2. The SMILES string of the molecule is N#CC1(c2ccccc2Sc2ccccc2)CCN(C(=O)Oc2ccccc2)CC1. The number of ether oxygens (including phenoxy) is 1. The van der Waals surface area contributed by atoms with Gasteiger partial charge in [0.05, 0.1) is 11.5 Å². The number of carbonyl (C=O) groups excluding carboxylic acids is 1. The lowest BCUT2D eigenvalue weighted by Gasteiger charge is -2.37. The summed E-state index contributed by atoms with van der Waals surface area (Å²) in [5.41, 5.74) is 0.430. The fraction of sp³-hybridized carbons (Fsp3) is 0.200. The predicted molar refractivity (Wildman–Crippen MR) is 118 cm³/mol. The smallest absolute Gasteiger partial charge is 0.410 e. The van der Waals surface area contributed by atoms with Crippen LogP contribution in [0.4, 0.5) is 4.79 Å². The summed E-state index contributed by atoms with van der Waals surface area (Å²) in [6.45, 7) is 0.979. The lowest BCUT2D eigenvalue weighted by Crippen LogP contribution is -2.45. The molecule has 0 unspecified atom stereocenters. The number of rotatable bonds is 4. The van der Waals surface area contributed by atoms with Crippen LogP contribution in [-0.2, 0) is 5.41 Å². The Balaban J connectivity index is 1.50. The first kappa shape index (κ1) is 20.1. The summed E-state index contributed by atoms with van der Waals surface area (Å²) in [5.74, 6) is 0.532. The molecular weight excluding hydrogens is 392 g/mol. The lowest BCUT2D eigenvalue weighted by atomic mass is 9.74. The molecule has 0 radical (unpaired) electrons. The van der Waals surface area contributed by atoms with E-state index >= 15 is 0 Å². The monoisotopic (exact) mass is 414 g/mol. The van der Waals surface area contributed by atoms with Crippen LogP contribution in [0.1, 0.15) is 18.4 Å². The van der Waals surface area contributed by atoms with Crippen LogP contribution in [0.15, 0.2) is 94.7 Å². The number of hydrogen-bond acceptors (Lipinski definition) is 4. The maximum Gasteiger partial charge on any atom is 0.415 e. The predicted octanol–water partition coefficient (Wildman–Crippen LogP) is 5.89. The molecule has 4 rings (SSSR count). The molecule has 3 aromatic rings. The summed E-state index contributed by atoms with van der Waals surface area (Å²) in [7, 11) is 0. The van der Waals surface area contributed by atoms with Crippen LogP contribution in [0.5, 0.6) is 5.75 Å². The van der Waals surface area contributed by atoms with Crippen molar-refractivity contribution in [3.63, 3.8) is 0 Å². The van der Waals surface area contributed by atoms with Crippen LogP contribution in [-0.4, -0.2) is 24.1 Å². The van der Waals surface area contributed by atoms with Gasteiger partial charge in [0.15, 0.2) is 0 Å². The number of amides is 1. The van der Waals surface area contributed by atoms with E-state index in [9.17, 15) is 10.1 Å². The summed E-state index contributed by atoms with van der Waals surface area (Å²) in [5, 5.41) is 10.2. The molecule has 0 atom stereocenters. The van der Waals surface area contributed by atoms with Crippen LogP contribution in [0, 0.1) is 11.3 Å². The minimum Gasteiger partial charge on any atom is -0.410 e. The number of hydrogen-bond donors (Lipinski definition) is 0. The van der Waals surface area contributed by atoms with Crippen molar-refractivity contribution in [1.29, 1.82) is 5.26 Å². The van der Waals surface area contributed by atoms with Gasteiger partial charge < -0.3 is 9.64 Å². The lowest BCUT2D eigenvalue weighted by molar-refractivity contribution is 0.131. The van der Waals surface area contributed by atoms with Crippen molar-refractivity contribution in [1.82, 2.24) is 4.90 Å². The minimum atomic E-state index is -0.609. The number of carbonyl (C=O) groups is 1. The third-order valence-corrected chi connectivity index (χ3v) is 6.49. The summed E-state index contributed by atoms with van der Waals surface area (Å²) in [4.78, 5) is 16.4. The van der Waals surface area contributed by atoms with Gasteiger partial charge in [-0.15, -0.1) is 0 Å². The highest BCUT2D eigenvalue weighted by Crippen LogP contribution is 2.42. The second kappa shape index (κ2) is 9.06. The van der Waals surface area contributed by atoms with Gasteiger partial charge in [0.25, 0.3) is 0 Å². The van der Waals surface area contributed by atoms with Crippen molar-refractivity contribution in [2.24, 2.45) is 0 Å². The molecule has 1 amide bonds. The summed E-state index contributed by atoms with van der Waals surface area (Å²) in [6, 6.07) is 29.9. The zero-order valence-corrected chi connectivity index (χ0v) is 17.3. The second-order valence-corrected chi connectivity index (χ2v) is 8.39. The van der Waals surface area contributed by atoms with Crippen molar-refractivity contribution in [3.05, 3.63) is 90.5 Å². The number of piperidine rings is 1. The molecule has 1 aliphatic rings. The van der Waals surface area contributed by atoms with Gasteiger partial charge in [0.2, 0.25) is 0 Å². The van der Waals surface area contributed by atoms with Gasteiger partial charge in [0, 0.05) is 22.9 Å². The first-order valence-electron chi connectivity index (χ1n) is 9.96. The summed E-state index contributed by atoms with van der Waals surface area (Å²) in [6.07, 6.45) is 0.805. The molecule has 30 heavy (non-hydrogen) atoms. The molecule has 0 bridgehead atoms. The Morgan fingerprint density at radius 2 is 1.50 bits per heavy atom. The van der Waals surface area contributed by atoms with E-state index in [0.29, 0.717) is 31.7 Å². The van der Waals surface area contributed by atoms with Gasteiger partial charge in [0.1, 0.15) is 5.75 Å². The Morgan fingerprint density at radius 3 is 2.17 bits per heavy atom. The number of nitrogens with zero attached hydrogens (tertiary/aromatic N) is 2. The summed E-state index contributed by atoms with van der Waals surface area (Å²) < 4.78 is 5.46. The van der Waals surface area contributed by atoms with Gasteiger partial charge in [-0.05, 0) is 48.7 Å². The van der Waals surface area contributed by atoms with Crippen LogP contribution >= 0.6 is 11.8 Å². The average molecular weight is 415 g/mol. The number of likely N-dealkylation sites (tertiary alicyclic amines) is 1. The summed E-state index contributed by atoms with van der Waals surface area (Å²) >= 11 is 1.67. The first-order chi connectivity index (χ1) is 14.7. The zero-order chi connectivity index (χ0) is 20.8. The maximum absolute atomic E-state index is 12.5. The molecule has 0 saturated carbocycles. The van der Waals surface area contributed by atoms with E-state index in [1.165, 1.54) is 0 Å². The van der Waals surface area contributed by atoms with Crippen molar-refractivity contribution in [2.75, 3.05) is 13.1 Å². The molecule has 1 saturated heterocycles. The van der Waals surface area contributed by atoms with E-state index in [4.69, 9.17) is 4.74 Å². The van der Waals surface area contributed by atoms with E-state index < -0.39 is 5.41 Å². The minimum absolute atomic E-state index is 0.361. The molecule has 0 N–H and O–H groups in total. The van der Waals surface area contributed by atoms with Crippen LogP contribution in [0.3, 0.4) is 0 Å². The Hall–Kier alpha value is -3.23. The van der Waals surface area contributed by atoms with Gasteiger partial charge in [-0.2, -0.15) is 5.26 Å². The fourth-order valence-electron chi connectivity index (χ4n) is 3.73. The third-order valence-electron chi connectivity index (χ3n) is 5.41. The largest absolute Gasteiger partial charge is 0.415 e. The van der Waals surface area contributed by atoms with E-state index in [1.54, 1.807) is 28.8 Å². The molecule has 0 aromatic heterocycles. The molecule has 3 aromatic carbocycles. The van der Waals surface area contributed by atoms with E-state index in [2.05, 4.69) is 24.3 Å². The van der Waals surface area contributed by atoms with Crippen molar-refractivity contribution >= 4 is 17.9 Å². The van der Waals surface area contributed by atoms with Crippen LogP contribution in [0.25, 0.3) is 0 Å². The molecule has 4 nitrogen and oxygen atoms in total. The van der Waals surface area contributed by atoms with E-state index in [-0.39, 0.29) is 6.09 Å². The van der Waals surface area contributed by atoms with E-state index in [0.717, 1.165) is 15.4 Å². The molecule has 1 heterocycles. The van der Waals surface area contributed by atoms with Gasteiger partial charge in [-0.1, -0.05) is 66.4 Å². The molecule has 0 aliphatic carbocycles. The molecule has 5 heteroatoms. The van der Waals surface area contributed by atoms with Gasteiger partial charge in [-0.3, -0.25) is 0 Å². The average Bonchev–Trinajstić information content (AvgIpc) is 2.81. The quantitative estimate of drug-likeness (QED) is 0.534. The zero-order valence-electron chi connectivity index (χ0n) is 16.5. The van der Waals surface area contributed by atoms with Gasteiger partial charge in [-0.25, -0.2) is 4.79 Å². The Labute approximate surface area is 181 Å². The second-order valence-electron chi connectivity index (χ2n) is 7.27. The maximum atomic E-state index is 12.5. The highest BCUT2D eigenvalue weighted by Gasteiger charge is 2.39. The third kappa shape index (κ3) is 4.34. The van der Waals surface area contributed by atoms with Gasteiger partial charge >= 0.3 is 6.09 Å². The van der Waals surface area contributed by atoms with Crippen LogP contribution < -0.4 is 4.74 Å². The molecular formula is C25H22N2O2S. The Bertz CT molecular complexity index is 1040. The number of benzene rings is 3. The Morgan fingerprint density at radius 1 is 0.900 bits per heavy atom. The highest BCUT2D eigenvalue weighted by molar-refractivity contribution is 7.99. The molecule has 1 aliphatic heterocycles. The van der Waals surface area contributed by atoms with Crippen molar-refractivity contribution < 1.29 is 9.53 Å². The standard InChI is InChI=1S/C25H22N2O2S/c26-19-25(22-13-7-8-14-23(22)30-21-11-5-2-6-12-21)15-17-27(18-16-25)24(28)29-20-9-3-1-4-10-20/h1-14H,15-18H2. The van der Waals surface area contributed by atoms with Crippen LogP contribution in [0.2, 0.25) is 0 Å². The van der Waals surface area contributed by atoms with Crippen molar-refractivity contribution in [2.45, 2.75) is 28.0 Å². The fourth-order valence-corrected chi connectivity index (χ4v) is 4.80. The Kier molecular flexibility index (Phi) is 6.06. The first-order valence-corrected chi connectivity index (χ1v) is 10.8. The highest BCUT2D eigenvalue weighted by atomic mass is 32.2. The molecule has 1 fully saturated rings. The number of nitriles is 1. The molecule has 150 valence electrons.